The summed E-state index contributed by atoms with van der Waals surface area (Å²) in [7, 11) is 0. The third kappa shape index (κ3) is 4.34. The van der Waals surface area contributed by atoms with Gasteiger partial charge in [-0.25, -0.2) is 4.39 Å². The lowest BCUT2D eigenvalue weighted by molar-refractivity contribution is -0.918. The molecule has 1 aliphatic rings. The number of carbonyl (C=O) groups excluding carboxylic acids is 1. The Hall–Kier alpha value is -1.91. The Morgan fingerprint density at radius 3 is 2.46 bits per heavy atom. The first-order valence-electron chi connectivity index (χ1n) is 8.25. The van der Waals surface area contributed by atoms with Gasteiger partial charge in [0.25, 0.3) is 5.91 Å². The van der Waals surface area contributed by atoms with Crippen molar-refractivity contribution in [1.29, 1.82) is 0 Å². The van der Waals surface area contributed by atoms with Crippen LogP contribution in [0.3, 0.4) is 0 Å². The minimum absolute atomic E-state index is 0.117. The molecule has 0 atom stereocenters. The highest BCUT2D eigenvalue weighted by Gasteiger charge is 2.24. The first-order chi connectivity index (χ1) is 11.6. The van der Waals surface area contributed by atoms with E-state index in [1.165, 1.54) is 22.6 Å². The van der Waals surface area contributed by atoms with Gasteiger partial charge in [0.15, 0.2) is 0 Å². The molecule has 3 rings (SSSR count). The summed E-state index contributed by atoms with van der Waals surface area (Å²) in [5, 5.41) is 3.71. The van der Waals surface area contributed by atoms with Crippen LogP contribution in [0, 0.1) is 5.82 Å². The summed E-state index contributed by atoms with van der Waals surface area (Å²) in [6.45, 7) is 2.95. The smallest absolute Gasteiger partial charge is 0.254 e. The van der Waals surface area contributed by atoms with Crippen molar-refractivity contribution in [3.8, 4) is 0 Å². The van der Waals surface area contributed by atoms with Gasteiger partial charge in [-0.15, -0.1) is 0 Å². The molecule has 0 radical (unpaired) electrons. The van der Waals surface area contributed by atoms with Crippen molar-refractivity contribution in [3.05, 3.63) is 70.5 Å². The van der Waals surface area contributed by atoms with Crippen LogP contribution in [-0.2, 0) is 6.54 Å². The Morgan fingerprint density at radius 2 is 1.79 bits per heavy atom. The van der Waals surface area contributed by atoms with Gasteiger partial charge in [-0.3, -0.25) is 4.79 Å². The maximum absolute atomic E-state index is 13.7. The molecule has 5 heteroatoms. The number of hydrogen-bond donors (Lipinski definition) is 2. The molecule has 2 aromatic carbocycles. The molecule has 0 aliphatic carbocycles. The molecule has 3 nitrogen and oxygen atoms in total. The molecule has 2 aromatic rings. The van der Waals surface area contributed by atoms with E-state index < -0.39 is 5.82 Å². The average Bonchev–Trinajstić information content (AvgIpc) is 2.59. The van der Waals surface area contributed by atoms with Crippen molar-refractivity contribution in [2.45, 2.75) is 25.4 Å². The highest BCUT2D eigenvalue weighted by Crippen LogP contribution is 2.10. The number of rotatable bonds is 4. The fourth-order valence-electron chi connectivity index (χ4n) is 3.15. The van der Waals surface area contributed by atoms with Crippen LogP contribution in [0.4, 0.5) is 4.39 Å². The summed E-state index contributed by atoms with van der Waals surface area (Å²) >= 11 is 5.91. The predicted octanol–water partition coefficient (Wildman–Crippen LogP) is 2.46. The van der Waals surface area contributed by atoms with Crippen molar-refractivity contribution >= 4 is 17.5 Å². The summed E-state index contributed by atoms with van der Waals surface area (Å²) in [6.07, 6.45) is 1.81. The molecule has 0 spiro atoms. The lowest BCUT2D eigenvalue weighted by atomic mass is 10.0. The minimum Gasteiger partial charge on any atom is -0.349 e. The molecule has 24 heavy (non-hydrogen) atoms. The maximum atomic E-state index is 13.7. The lowest BCUT2D eigenvalue weighted by Gasteiger charge is -2.29. The zero-order valence-electron chi connectivity index (χ0n) is 13.4. The van der Waals surface area contributed by atoms with E-state index in [1.54, 1.807) is 12.1 Å². The van der Waals surface area contributed by atoms with Crippen LogP contribution in [0.1, 0.15) is 28.8 Å². The Balaban J connectivity index is 1.49. The van der Waals surface area contributed by atoms with Crippen LogP contribution in [0.2, 0.25) is 5.02 Å². The number of likely N-dealkylation sites (tertiary alicyclic amines) is 1. The van der Waals surface area contributed by atoms with Crippen molar-refractivity contribution < 1.29 is 14.1 Å². The lowest BCUT2D eigenvalue weighted by Crippen LogP contribution is -3.12. The van der Waals surface area contributed by atoms with Crippen molar-refractivity contribution in [2.75, 3.05) is 13.1 Å². The van der Waals surface area contributed by atoms with Gasteiger partial charge in [0.2, 0.25) is 0 Å². The average molecular weight is 348 g/mol. The number of amides is 1. The minimum atomic E-state index is -0.471. The van der Waals surface area contributed by atoms with E-state index in [0.717, 1.165) is 37.5 Å². The van der Waals surface area contributed by atoms with E-state index >= 15 is 0 Å². The number of hydrogen-bond acceptors (Lipinski definition) is 1. The standard InChI is InChI=1S/C19H20ClFN2O/c20-15-7-5-14(6-8-15)13-23-11-9-16(10-12-23)22-19(24)17-3-1-2-4-18(17)21/h1-8,16H,9-13H2,(H,22,24)/p+1. The highest BCUT2D eigenvalue weighted by molar-refractivity contribution is 6.30. The second kappa shape index (κ2) is 7.77. The van der Waals surface area contributed by atoms with Crippen LogP contribution in [0.15, 0.2) is 48.5 Å². The molecule has 1 saturated heterocycles. The van der Waals surface area contributed by atoms with E-state index in [0.29, 0.717) is 0 Å². The van der Waals surface area contributed by atoms with Gasteiger partial charge < -0.3 is 10.2 Å². The van der Waals surface area contributed by atoms with Gasteiger partial charge >= 0.3 is 0 Å². The molecule has 0 aromatic heterocycles. The summed E-state index contributed by atoms with van der Waals surface area (Å²) in [6, 6.07) is 14.2. The number of quaternary nitrogens is 1. The van der Waals surface area contributed by atoms with Gasteiger partial charge in [0, 0.05) is 29.5 Å². The van der Waals surface area contributed by atoms with Crippen LogP contribution in [0.25, 0.3) is 0 Å². The number of halogens is 2. The fourth-order valence-corrected chi connectivity index (χ4v) is 3.27. The number of nitrogens with one attached hydrogen (secondary N) is 2. The maximum Gasteiger partial charge on any atom is 0.254 e. The Kier molecular flexibility index (Phi) is 5.48. The van der Waals surface area contributed by atoms with Gasteiger partial charge in [-0.2, -0.15) is 0 Å². The van der Waals surface area contributed by atoms with Crippen LogP contribution >= 0.6 is 11.6 Å². The normalized spacial score (nSPS) is 20.6. The van der Waals surface area contributed by atoms with E-state index in [4.69, 9.17) is 11.6 Å². The summed E-state index contributed by atoms with van der Waals surface area (Å²) < 4.78 is 13.7. The van der Waals surface area contributed by atoms with Crippen LogP contribution in [-0.4, -0.2) is 25.0 Å². The molecule has 126 valence electrons. The van der Waals surface area contributed by atoms with Gasteiger partial charge in [0.1, 0.15) is 12.4 Å². The molecule has 1 heterocycles. The summed E-state index contributed by atoms with van der Waals surface area (Å²) in [4.78, 5) is 13.7. The molecule has 1 aliphatic heterocycles. The zero-order valence-corrected chi connectivity index (χ0v) is 14.2. The van der Waals surface area contributed by atoms with Gasteiger partial charge in [-0.05, 0) is 24.3 Å². The third-order valence-corrected chi connectivity index (χ3v) is 4.77. The van der Waals surface area contributed by atoms with Gasteiger partial charge in [-0.1, -0.05) is 35.9 Å². The van der Waals surface area contributed by atoms with Crippen LogP contribution in [0.5, 0.6) is 0 Å². The molecule has 1 amide bonds. The monoisotopic (exact) mass is 347 g/mol. The first-order valence-corrected chi connectivity index (χ1v) is 8.63. The quantitative estimate of drug-likeness (QED) is 0.875. The van der Waals surface area contributed by atoms with Gasteiger partial charge in [0.05, 0.1) is 18.7 Å². The summed E-state index contributed by atoms with van der Waals surface area (Å²) in [5.74, 6) is -0.792. The number of piperidine rings is 1. The Morgan fingerprint density at radius 1 is 1.12 bits per heavy atom. The third-order valence-electron chi connectivity index (χ3n) is 4.51. The molecule has 1 fully saturated rings. The molecule has 2 N–H and O–H groups in total. The van der Waals surface area contributed by atoms with Crippen molar-refractivity contribution in [2.24, 2.45) is 0 Å². The predicted molar refractivity (Wildman–Crippen MR) is 92.7 cm³/mol. The number of carbonyl (C=O) groups is 1. The van der Waals surface area contributed by atoms with Crippen molar-refractivity contribution in [3.63, 3.8) is 0 Å². The van der Waals surface area contributed by atoms with E-state index in [2.05, 4.69) is 17.4 Å². The fraction of sp³-hybridized carbons (Fsp3) is 0.316. The SMILES string of the molecule is O=C(NC1CC[NH+](Cc2ccc(Cl)cc2)CC1)c1ccccc1F. The highest BCUT2D eigenvalue weighted by atomic mass is 35.5. The van der Waals surface area contributed by atoms with E-state index in [9.17, 15) is 9.18 Å². The second-order valence-corrected chi connectivity index (χ2v) is 6.72. The van der Waals surface area contributed by atoms with E-state index in [1.807, 2.05) is 12.1 Å². The van der Waals surface area contributed by atoms with Crippen molar-refractivity contribution in [1.82, 2.24) is 5.32 Å². The zero-order chi connectivity index (χ0) is 16.9. The topological polar surface area (TPSA) is 33.5 Å². The largest absolute Gasteiger partial charge is 0.349 e. The Bertz CT molecular complexity index is 697. The van der Waals surface area contributed by atoms with E-state index in [-0.39, 0.29) is 17.5 Å². The second-order valence-electron chi connectivity index (χ2n) is 6.28. The molecule has 0 unspecified atom stereocenters. The Labute approximate surface area is 146 Å². The first kappa shape index (κ1) is 16.9. The number of benzene rings is 2. The van der Waals surface area contributed by atoms with Crippen LogP contribution < -0.4 is 10.2 Å². The molecular weight excluding hydrogens is 327 g/mol. The molecule has 0 saturated carbocycles. The molecule has 0 bridgehead atoms. The summed E-state index contributed by atoms with van der Waals surface area (Å²) in [5.41, 5.74) is 1.39. The molecular formula is C19H21ClFN2O+.